The lowest BCUT2D eigenvalue weighted by atomic mass is 9.86. The van der Waals surface area contributed by atoms with Gasteiger partial charge in [0, 0.05) is 0 Å². The standard InChI is InChI=1S/C14H22O4SSi/c1-14(2,3)10-6-7-11(13(8-10)20-5)12(9-15)18-19(4,16)17/h6-9,12H,20H2,1-5H3. The van der Waals surface area contributed by atoms with E-state index in [0.29, 0.717) is 11.8 Å². The number of aldehydes is 1. The van der Waals surface area contributed by atoms with Gasteiger partial charge in [0.25, 0.3) is 10.1 Å². The zero-order chi connectivity index (χ0) is 15.6. The Morgan fingerprint density at radius 2 is 1.90 bits per heavy atom. The summed E-state index contributed by atoms with van der Waals surface area (Å²) in [5.74, 6) is 0. The lowest BCUT2D eigenvalue weighted by molar-refractivity contribution is -0.113. The minimum Gasteiger partial charge on any atom is -0.300 e. The Morgan fingerprint density at radius 3 is 2.30 bits per heavy atom. The summed E-state index contributed by atoms with van der Waals surface area (Å²) in [6.07, 6.45) is 0.456. The van der Waals surface area contributed by atoms with Crippen LogP contribution >= 0.6 is 0 Å². The van der Waals surface area contributed by atoms with Crippen molar-refractivity contribution in [3.63, 3.8) is 0 Å². The molecular formula is C14H22O4SSi. The number of hydrogen-bond donors (Lipinski definition) is 0. The fourth-order valence-electron chi connectivity index (χ4n) is 1.99. The Bertz CT molecular complexity index is 588. The molecule has 0 aromatic heterocycles. The lowest BCUT2D eigenvalue weighted by Gasteiger charge is -2.22. The number of carbonyl (C=O) groups is 1. The van der Waals surface area contributed by atoms with Crippen molar-refractivity contribution >= 4 is 31.1 Å². The van der Waals surface area contributed by atoms with Gasteiger partial charge in [-0.2, -0.15) is 8.42 Å². The van der Waals surface area contributed by atoms with Crippen LogP contribution in [0.5, 0.6) is 0 Å². The molecule has 6 heteroatoms. The molecule has 0 aliphatic rings. The molecule has 0 aliphatic carbocycles. The van der Waals surface area contributed by atoms with Gasteiger partial charge in [-0.3, -0.25) is 4.18 Å². The molecule has 1 aromatic carbocycles. The van der Waals surface area contributed by atoms with Crippen LogP contribution in [0.25, 0.3) is 0 Å². The Labute approximate surface area is 123 Å². The summed E-state index contributed by atoms with van der Waals surface area (Å²) >= 11 is 0. The summed E-state index contributed by atoms with van der Waals surface area (Å²) in [6, 6.07) is 5.82. The molecular weight excluding hydrogens is 292 g/mol. The molecule has 0 heterocycles. The molecule has 1 unspecified atom stereocenters. The van der Waals surface area contributed by atoms with Gasteiger partial charge in [-0.1, -0.05) is 50.7 Å². The highest BCUT2D eigenvalue weighted by Gasteiger charge is 2.22. The van der Waals surface area contributed by atoms with Gasteiger partial charge in [-0.15, -0.1) is 0 Å². The van der Waals surface area contributed by atoms with Crippen LogP contribution in [0, 0.1) is 0 Å². The molecule has 0 radical (unpaired) electrons. The molecule has 1 aromatic rings. The summed E-state index contributed by atoms with van der Waals surface area (Å²) in [5, 5.41) is 1.07. The maximum absolute atomic E-state index is 11.2. The molecule has 0 saturated carbocycles. The predicted octanol–water partition coefficient (Wildman–Crippen LogP) is 1.04. The van der Waals surface area contributed by atoms with Crippen molar-refractivity contribution in [2.24, 2.45) is 0 Å². The quantitative estimate of drug-likeness (QED) is 0.463. The molecule has 0 N–H and O–H groups in total. The molecule has 0 saturated heterocycles. The van der Waals surface area contributed by atoms with Crippen molar-refractivity contribution in [3.8, 4) is 0 Å². The molecule has 20 heavy (non-hydrogen) atoms. The minimum absolute atomic E-state index is 0.0191. The maximum atomic E-state index is 11.2. The van der Waals surface area contributed by atoms with Crippen molar-refractivity contribution < 1.29 is 17.4 Å². The van der Waals surface area contributed by atoms with E-state index in [9.17, 15) is 13.2 Å². The van der Waals surface area contributed by atoms with Crippen LogP contribution in [0.1, 0.15) is 38.0 Å². The molecule has 112 valence electrons. The first-order valence-corrected chi connectivity index (χ1v) is 10.5. The fourth-order valence-corrected chi connectivity index (χ4v) is 3.67. The third-order valence-electron chi connectivity index (χ3n) is 3.10. The summed E-state index contributed by atoms with van der Waals surface area (Å²) in [6.45, 7) is 8.46. The van der Waals surface area contributed by atoms with Crippen LogP contribution in [0.2, 0.25) is 6.55 Å². The Kier molecular flexibility index (Phi) is 5.29. The first kappa shape index (κ1) is 17.1. The van der Waals surface area contributed by atoms with E-state index < -0.39 is 25.7 Å². The molecule has 0 amide bonds. The average Bonchev–Trinajstić information content (AvgIpc) is 2.33. The summed E-state index contributed by atoms with van der Waals surface area (Å²) in [5.41, 5.74) is 1.87. The second-order valence-corrected chi connectivity index (χ2v) is 8.94. The summed E-state index contributed by atoms with van der Waals surface area (Å²) in [4.78, 5) is 11.2. The smallest absolute Gasteiger partial charge is 0.265 e. The van der Waals surface area contributed by atoms with Gasteiger partial charge in [0.05, 0.1) is 15.8 Å². The third-order valence-corrected chi connectivity index (χ3v) is 5.03. The maximum Gasteiger partial charge on any atom is 0.265 e. The second kappa shape index (κ2) is 6.20. The van der Waals surface area contributed by atoms with Crippen LogP contribution in [0.3, 0.4) is 0 Å². The van der Waals surface area contributed by atoms with Gasteiger partial charge in [-0.05, 0) is 16.5 Å². The van der Waals surface area contributed by atoms with Gasteiger partial charge in [0.1, 0.15) is 0 Å². The first-order valence-electron chi connectivity index (χ1n) is 6.55. The van der Waals surface area contributed by atoms with Gasteiger partial charge < -0.3 is 4.79 Å². The zero-order valence-corrected chi connectivity index (χ0v) is 14.9. The molecule has 0 fully saturated rings. The Balaban J connectivity index is 3.27. The van der Waals surface area contributed by atoms with E-state index in [1.54, 1.807) is 0 Å². The molecule has 1 rings (SSSR count). The van der Waals surface area contributed by atoms with Crippen molar-refractivity contribution in [1.29, 1.82) is 0 Å². The third kappa shape index (κ3) is 4.54. The SMILES string of the molecule is C[SiH2]c1cc(C(C)(C)C)ccc1C(C=O)OS(C)(=O)=O. The van der Waals surface area contributed by atoms with Gasteiger partial charge in [0.2, 0.25) is 0 Å². The minimum atomic E-state index is -3.66. The Hall–Kier alpha value is -0.983. The Morgan fingerprint density at radius 1 is 1.30 bits per heavy atom. The van der Waals surface area contributed by atoms with Gasteiger partial charge in [0.15, 0.2) is 12.4 Å². The highest BCUT2D eigenvalue weighted by atomic mass is 32.2. The van der Waals surface area contributed by atoms with Crippen LogP contribution < -0.4 is 5.19 Å². The van der Waals surface area contributed by atoms with Crippen molar-refractivity contribution in [3.05, 3.63) is 29.3 Å². The van der Waals surface area contributed by atoms with Crippen molar-refractivity contribution in [2.75, 3.05) is 6.26 Å². The van der Waals surface area contributed by atoms with E-state index in [1.807, 2.05) is 12.1 Å². The number of hydrogen-bond acceptors (Lipinski definition) is 4. The number of carbonyl (C=O) groups excluding carboxylic acids is 1. The highest BCUT2D eigenvalue weighted by molar-refractivity contribution is 7.86. The van der Waals surface area contributed by atoms with E-state index in [0.717, 1.165) is 11.4 Å². The fraction of sp³-hybridized carbons (Fsp3) is 0.500. The molecule has 0 bridgehead atoms. The van der Waals surface area contributed by atoms with Crippen LogP contribution in [-0.2, 0) is 24.5 Å². The average molecular weight is 314 g/mol. The normalized spacial score (nSPS) is 14.7. The second-order valence-electron chi connectivity index (χ2n) is 5.87. The van der Waals surface area contributed by atoms with Crippen LogP contribution in [0.4, 0.5) is 0 Å². The predicted molar refractivity (Wildman–Crippen MR) is 83.9 cm³/mol. The summed E-state index contributed by atoms with van der Waals surface area (Å²) in [7, 11) is -4.22. The van der Waals surface area contributed by atoms with E-state index in [-0.39, 0.29) is 5.41 Å². The van der Waals surface area contributed by atoms with Crippen molar-refractivity contribution in [2.45, 2.75) is 38.8 Å². The van der Waals surface area contributed by atoms with Crippen LogP contribution in [-0.4, -0.2) is 30.5 Å². The molecule has 0 spiro atoms. The first-order chi connectivity index (χ1) is 9.08. The van der Waals surface area contributed by atoms with Gasteiger partial charge >= 0.3 is 0 Å². The molecule has 1 atom stereocenters. The van der Waals surface area contributed by atoms with E-state index >= 15 is 0 Å². The van der Waals surface area contributed by atoms with E-state index in [1.165, 1.54) is 5.56 Å². The van der Waals surface area contributed by atoms with E-state index in [4.69, 9.17) is 4.18 Å². The monoisotopic (exact) mass is 314 g/mol. The summed E-state index contributed by atoms with van der Waals surface area (Å²) < 4.78 is 27.3. The van der Waals surface area contributed by atoms with E-state index in [2.05, 4.69) is 33.4 Å². The molecule has 0 aliphatic heterocycles. The van der Waals surface area contributed by atoms with Crippen molar-refractivity contribution in [1.82, 2.24) is 0 Å². The number of benzene rings is 1. The number of rotatable bonds is 5. The van der Waals surface area contributed by atoms with Gasteiger partial charge in [-0.25, -0.2) is 0 Å². The lowest BCUT2D eigenvalue weighted by Crippen LogP contribution is -2.25. The molecule has 4 nitrogen and oxygen atoms in total. The van der Waals surface area contributed by atoms with Crippen LogP contribution in [0.15, 0.2) is 18.2 Å². The zero-order valence-electron chi connectivity index (χ0n) is 12.6. The topological polar surface area (TPSA) is 60.4 Å². The highest BCUT2D eigenvalue weighted by Crippen LogP contribution is 2.24. The largest absolute Gasteiger partial charge is 0.300 e.